The van der Waals surface area contributed by atoms with Crippen molar-refractivity contribution in [3.63, 3.8) is 0 Å². The standard InChI is InChI=1S/C22H21F3N4O3.C2H2O4/c1-31-18-8-3-2-5-14(18)9-19-27-21(32-28-19)15-11-29(12-15)13-20(30)26-17-7-4-6-16(10-17)22(23,24)25;3-1(4)2(5)6/h2-8,10,15H,9,11-13H2,1H3,(H,26,30);(H,3,4)(H,5,6). The molecule has 0 radical (unpaired) electrons. The Balaban J connectivity index is 0.000000599. The zero-order valence-electron chi connectivity index (χ0n) is 19.9. The van der Waals surface area contributed by atoms with Crippen molar-refractivity contribution in [1.82, 2.24) is 15.0 Å². The number of likely N-dealkylation sites (tertiary alicyclic amines) is 1. The van der Waals surface area contributed by atoms with Crippen molar-refractivity contribution < 1.29 is 47.0 Å². The number of anilines is 1. The van der Waals surface area contributed by atoms with E-state index >= 15 is 0 Å². The van der Waals surface area contributed by atoms with Crippen LogP contribution < -0.4 is 10.1 Å². The molecule has 1 aromatic heterocycles. The second kappa shape index (κ2) is 12.2. The molecule has 202 valence electrons. The highest BCUT2D eigenvalue weighted by atomic mass is 19.4. The van der Waals surface area contributed by atoms with E-state index in [0.717, 1.165) is 23.4 Å². The predicted octanol–water partition coefficient (Wildman–Crippen LogP) is 2.88. The Morgan fingerprint density at radius 1 is 1.11 bits per heavy atom. The number of benzene rings is 2. The number of carbonyl (C=O) groups excluding carboxylic acids is 1. The molecule has 0 spiro atoms. The fourth-order valence-corrected chi connectivity index (χ4v) is 3.56. The van der Waals surface area contributed by atoms with Crippen LogP contribution >= 0.6 is 0 Å². The van der Waals surface area contributed by atoms with Gasteiger partial charge in [-0.2, -0.15) is 18.2 Å². The van der Waals surface area contributed by atoms with E-state index in [-0.39, 0.29) is 24.1 Å². The minimum atomic E-state index is -4.46. The SMILES string of the molecule is COc1ccccc1Cc1noc(C2CN(CC(=O)Nc3cccc(C(F)(F)F)c3)C2)n1.O=C(O)C(=O)O. The van der Waals surface area contributed by atoms with Gasteiger partial charge in [0.2, 0.25) is 11.8 Å². The first-order valence-corrected chi connectivity index (χ1v) is 11.1. The van der Waals surface area contributed by atoms with Crippen LogP contribution in [0.5, 0.6) is 5.75 Å². The van der Waals surface area contributed by atoms with Gasteiger partial charge >= 0.3 is 18.1 Å². The van der Waals surface area contributed by atoms with Crippen LogP contribution in [0.4, 0.5) is 18.9 Å². The first-order chi connectivity index (χ1) is 18.0. The fourth-order valence-electron chi connectivity index (χ4n) is 3.56. The molecule has 1 saturated heterocycles. The number of nitrogens with one attached hydrogen (secondary N) is 1. The van der Waals surface area contributed by atoms with Crippen LogP contribution in [0, 0.1) is 0 Å². The molecule has 1 fully saturated rings. The van der Waals surface area contributed by atoms with Crippen LogP contribution in [0.2, 0.25) is 0 Å². The summed E-state index contributed by atoms with van der Waals surface area (Å²) in [5.74, 6) is -2.22. The molecule has 1 aliphatic rings. The third-order valence-corrected chi connectivity index (χ3v) is 5.36. The van der Waals surface area contributed by atoms with Crippen LogP contribution in [-0.2, 0) is 27.0 Å². The van der Waals surface area contributed by atoms with E-state index in [1.54, 1.807) is 7.11 Å². The lowest BCUT2D eigenvalue weighted by Gasteiger charge is -2.36. The number of carboxylic acid groups (broad SMARTS) is 2. The van der Waals surface area contributed by atoms with Crippen LogP contribution in [-0.4, -0.2) is 69.8 Å². The number of methoxy groups -OCH3 is 1. The number of halogens is 3. The predicted molar refractivity (Wildman–Crippen MR) is 125 cm³/mol. The molecule has 3 N–H and O–H groups in total. The smallest absolute Gasteiger partial charge is 0.416 e. The summed E-state index contributed by atoms with van der Waals surface area (Å²) < 4.78 is 49.1. The number of para-hydroxylation sites is 1. The largest absolute Gasteiger partial charge is 0.496 e. The number of hydrogen-bond acceptors (Lipinski definition) is 8. The van der Waals surface area contributed by atoms with Gasteiger partial charge < -0.3 is 24.8 Å². The Hall–Kier alpha value is -4.46. The zero-order valence-corrected chi connectivity index (χ0v) is 19.9. The zero-order chi connectivity index (χ0) is 27.9. The molecular formula is C24H23F3N4O7. The number of hydrogen-bond donors (Lipinski definition) is 3. The van der Waals surface area contributed by atoms with Gasteiger partial charge in [-0.05, 0) is 24.3 Å². The number of aromatic nitrogens is 2. The van der Waals surface area contributed by atoms with E-state index in [9.17, 15) is 18.0 Å². The highest BCUT2D eigenvalue weighted by Gasteiger charge is 2.34. The molecule has 0 bridgehead atoms. The molecule has 0 atom stereocenters. The van der Waals surface area contributed by atoms with Crippen LogP contribution in [0.25, 0.3) is 0 Å². The molecule has 14 heteroatoms. The van der Waals surface area contributed by atoms with Crippen molar-refractivity contribution >= 4 is 23.5 Å². The first kappa shape index (κ1) is 28.1. The van der Waals surface area contributed by atoms with E-state index in [1.165, 1.54) is 12.1 Å². The number of rotatable bonds is 7. The minimum Gasteiger partial charge on any atom is -0.496 e. The molecule has 0 aliphatic carbocycles. The lowest BCUT2D eigenvalue weighted by Crippen LogP contribution is -2.48. The van der Waals surface area contributed by atoms with Gasteiger partial charge in [-0.25, -0.2) is 9.59 Å². The topological polar surface area (TPSA) is 155 Å². The van der Waals surface area contributed by atoms with Gasteiger partial charge in [0.05, 0.1) is 25.1 Å². The maximum Gasteiger partial charge on any atom is 0.416 e. The summed E-state index contributed by atoms with van der Waals surface area (Å²) in [7, 11) is 1.60. The van der Waals surface area contributed by atoms with Gasteiger partial charge in [-0.15, -0.1) is 0 Å². The molecule has 0 saturated carbocycles. The maximum atomic E-state index is 12.8. The quantitative estimate of drug-likeness (QED) is 0.384. The monoisotopic (exact) mass is 536 g/mol. The summed E-state index contributed by atoms with van der Waals surface area (Å²) in [4.78, 5) is 36.7. The molecular weight excluding hydrogens is 513 g/mol. The molecule has 11 nitrogen and oxygen atoms in total. The summed E-state index contributed by atoms with van der Waals surface area (Å²) >= 11 is 0. The van der Waals surface area contributed by atoms with Gasteiger partial charge in [0.25, 0.3) is 0 Å². The second-order valence-corrected chi connectivity index (χ2v) is 8.17. The molecule has 0 unspecified atom stereocenters. The molecule has 2 heterocycles. The summed E-state index contributed by atoms with van der Waals surface area (Å²) in [6.07, 6.45) is -3.98. The van der Waals surface area contributed by atoms with Crippen molar-refractivity contribution in [3.05, 3.63) is 71.4 Å². The lowest BCUT2D eigenvalue weighted by atomic mass is 10.0. The van der Waals surface area contributed by atoms with E-state index in [4.69, 9.17) is 29.1 Å². The summed E-state index contributed by atoms with van der Waals surface area (Å²) in [5.41, 5.74) is 0.253. The Morgan fingerprint density at radius 2 is 1.79 bits per heavy atom. The average Bonchev–Trinajstić information content (AvgIpc) is 3.29. The number of aliphatic carboxylic acids is 2. The third kappa shape index (κ3) is 7.77. The number of ether oxygens (including phenoxy) is 1. The molecule has 3 aromatic rings. The number of alkyl halides is 3. The second-order valence-electron chi connectivity index (χ2n) is 8.17. The fraction of sp³-hybridized carbons (Fsp3) is 0.292. The Bertz CT molecular complexity index is 1280. The van der Waals surface area contributed by atoms with E-state index < -0.39 is 23.7 Å². The summed E-state index contributed by atoms with van der Waals surface area (Å²) in [6, 6.07) is 12.2. The van der Waals surface area contributed by atoms with Gasteiger partial charge in [-0.1, -0.05) is 29.4 Å². The van der Waals surface area contributed by atoms with Crippen molar-refractivity contribution in [2.45, 2.75) is 18.5 Å². The highest BCUT2D eigenvalue weighted by molar-refractivity contribution is 6.27. The van der Waals surface area contributed by atoms with Crippen molar-refractivity contribution in [1.29, 1.82) is 0 Å². The van der Waals surface area contributed by atoms with Gasteiger partial charge in [-0.3, -0.25) is 9.69 Å². The Morgan fingerprint density at radius 3 is 2.42 bits per heavy atom. The first-order valence-electron chi connectivity index (χ1n) is 11.1. The van der Waals surface area contributed by atoms with Crippen LogP contribution in [0.3, 0.4) is 0 Å². The van der Waals surface area contributed by atoms with E-state index in [1.807, 2.05) is 29.2 Å². The molecule has 2 aromatic carbocycles. The lowest BCUT2D eigenvalue weighted by molar-refractivity contribution is -0.159. The number of amides is 1. The Labute approximate surface area is 213 Å². The number of carbonyl (C=O) groups is 3. The van der Waals surface area contributed by atoms with Crippen molar-refractivity contribution in [2.75, 3.05) is 32.1 Å². The number of carboxylic acids is 2. The van der Waals surface area contributed by atoms with E-state index in [2.05, 4.69) is 15.5 Å². The minimum absolute atomic E-state index is 0.00952. The summed E-state index contributed by atoms with van der Waals surface area (Å²) in [5, 5.41) is 21.3. The summed E-state index contributed by atoms with van der Waals surface area (Å²) in [6.45, 7) is 1.16. The molecule has 1 amide bonds. The molecule has 38 heavy (non-hydrogen) atoms. The molecule has 4 rings (SSSR count). The van der Waals surface area contributed by atoms with Gasteiger partial charge in [0, 0.05) is 30.8 Å². The van der Waals surface area contributed by atoms with Gasteiger partial charge in [0.15, 0.2) is 5.82 Å². The van der Waals surface area contributed by atoms with E-state index in [0.29, 0.717) is 31.2 Å². The Kier molecular flexibility index (Phi) is 9.02. The average molecular weight is 536 g/mol. The van der Waals surface area contributed by atoms with Gasteiger partial charge in [0.1, 0.15) is 5.75 Å². The highest BCUT2D eigenvalue weighted by Crippen LogP contribution is 2.31. The normalized spacial score (nSPS) is 13.6. The van der Waals surface area contributed by atoms with Crippen LogP contribution in [0.1, 0.15) is 28.8 Å². The van der Waals surface area contributed by atoms with Crippen molar-refractivity contribution in [2.24, 2.45) is 0 Å². The molecule has 1 aliphatic heterocycles. The number of nitrogens with zero attached hydrogens (tertiary/aromatic N) is 3. The third-order valence-electron chi connectivity index (χ3n) is 5.36. The maximum absolute atomic E-state index is 12.8. The van der Waals surface area contributed by atoms with Crippen LogP contribution in [0.15, 0.2) is 53.1 Å². The van der Waals surface area contributed by atoms with Crippen molar-refractivity contribution in [3.8, 4) is 5.75 Å².